The average Bonchev–Trinajstić information content (AvgIpc) is 2.92. The molecule has 2 aromatic rings. The maximum Gasteiger partial charge on any atom is 0.254 e. The molecule has 0 unspecified atom stereocenters. The summed E-state index contributed by atoms with van der Waals surface area (Å²) in [6, 6.07) is 16.7. The first-order valence-corrected chi connectivity index (χ1v) is 12.7. The molecule has 4 rings (SSSR count). The number of piperidine rings is 1. The molecule has 2 aliphatic heterocycles. The number of ether oxygens (including phenoxy) is 1. The lowest BCUT2D eigenvalue weighted by atomic mass is 10.0. The highest BCUT2D eigenvalue weighted by Crippen LogP contribution is 2.23. The summed E-state index contributed by atoms with van der Waals surface area (Å²) in [5, 5.41) is 3.08. The fourth-order valence-electron chi connectivity index (χ4n) is 3.82. The van der Waals surface area contributed by atoms with Gasteiger partial charge in [-0.2, -0.15) is 0 Å². The molecule has 7 heteroatoms. The number of hydrogen-bond acceptors (Lipinski definition) is 6. The summed E-state index contributed by atoms with van der Waals surface area (Å²) < 4.78 is 5.75. The van der Waals surface area contributed by atoms with Crippen LogP contribution in [0.3, 0.4) is 0 Å². The molecule has 2 aromatic carbocycles. The summed E-state index contributed by atoms with van der Waals surface area (Å²) in [7, 11) is 0. The Morgan fingerprint density at radius 1 is 0.943 bits per heavy atom. The number of rotatable bonds is 6. The van der Waals surface area contributed by atoms with Crippen LogP contribution in [0.5, 0.6) is 11.5 Å². The third-order valence-corrected chi connectivity index (χ3v) is 5.69. The molecule has 1 fully saturated rings. The van der Waals surface area contributed by atoms with Gasteiger partial charge in [0.15, 0.2) is 0 Å². The average molecular weight is 480 g/mol. The highest BCUT2D eigenvalue weighted by Gasteiger charge is 2.20. The van der Waals surface area contributed by atoms with Gasteiger partial charge in [0.2, 0.25) is 0 Å². The number of amides is 1. The molecule has 0 bridgehead atoms. The van der Waals surface area contributed by atoms with Crippen molar-refractivity contribution in [2.75, 3.05) is 32.7 Å². The van der Waals surface area contributed by atoms with E-state index in [1.165, 1.54) is 38.9 Å². The van der Waals surface area contributed by atoms with Crippen molar-refractivity contribution < 1.29 is 9.53 Å². The third kappa shape index (κ3) is 9.09. The first-order valence-electron chi connectivity index (χ1n) is 12.7. The van der Waals surface area contributed by atoms with Gasteiger partial charge in [0.05, 0.1) is 5.70 Å². The first-order chi connectivity index (χ1) is 17.1. The molecular formula is C28H41N5O2. The van der Waals surface area contributed by atoms with E-state index in [2.05, 4.69) is 22.1 Å². The molecule has 0 radical (unpaired) electrons. The number of likely N-dealkylation sites (tertiary alicyclic amines) is 1. The van der Waals surface area contributed by atoms with Gasteiger partial charge < -0.3 is 26.4 Å². The van der Waals surface area contributed by atoms with E-state index >= 15 is 0 Å². The van der Waals surface area contributed by atoms with Gasteiger partial charge in [-0.15, -0.1) is 0 Å². The van der Waals surface area contributed by atoms with Crippen LogP contribution in [-0.2, 0) is 4.79 Å². The van der Waals surface area contributed by atoms with Crippen molar-refractivity contribution in [1.82, 2.24) is 10.2 Å². The summed E-state index contributed by atoms with van der Waals surface area (Å²) in [6.07, 6.45) is 5.22. The number of para-hydroxylation sites is 1. The molecule has 0 aromatic heterocycles. The Labute approximate surface area is 210 Å². The highest BCUT2D eigenvalue weighted by atomic mass is 16.5. The summed E-state index contributed by atoms with van der Waals surface area (Å²) >= 11 is 0. The standard InChI is InChI=1S/C19H20N4O2.C7H15N.C2H6/c20-17(16(18(21)24)19-22-11-4-12-23-19)13-7-9-15(10-8-13)25-14-5-2-1-3-6-14;1-2-8-6-4-3-5-7-8;1-2/h1-3,5-10H,4,11-12,20H2,(H2,21,24)(H,22,23);2-7H2,1H3;1-2H3/b17-16-;;. The number of nitrogens with two attached hydrogens (primary N) is 2. The van der Waals surface area contributed by atoms with Crippen LogP contribution in [0.2, 0.25) is 0 Å². The number of benzene rings is 2. The number of nitrogens with zero attached hydrogens (tertiary/aromatic N) is 2. The van der Waals surface area contributed by atoms with Crippen molar-refractivity contribution in [2.24, 2.45) is 16.5 Å². The van der Waals surface area contributed by atoms with E-state index in [1.54, 1.807) is 24.3 Å². The minimum Gasteiger partial charge on any atom is -0.457 e. The summed E-state index contributed by atoms with van der Waals surface area (Å²) in [4.78, 5) is 18.7. The maximum atomic E-state index is 11.9. The topological polar surface area (TPSA) is 106 Å². The Balaban J connectivity index is 0.000000363. The molecule has 0 saturated carbocycles. The number of primary amides is 1. The molecule has 2 heterocycles. The third-order valence-electron chi connectivity index (χ3n) is 5.69. The SMILES string of the molecule is CC.CCN1CCCCC1.NC(=O)/C(C1=NCCCN1)=C(/N)c1ccc(Oc2ccccc2)cc1. The molecule has 2 aliphatic rings. The van der Waals surface area contributed by atoms with E-state index in [0.717, 1.165) is 18.7 Å². The van der Waals surface area contributed by atoms with Crippen molar-refractivity contribution in [3.63, 3.8) is 0 Å². The van der Waals surface area contributed by atoms with Crippen LogP contribution in [0.1, 0.15) is 52.0 Å². The summed E-state index contributed by atoms with van der Waals surface area (Å²) in [6.45, 7) is 11.6. The van der Waals surface area contributed by atoms with Crippen molar-refractivity contribution in [2.45, 2.75) is 46.5 Å². The second-order valence-electron chi connectivity index (χ2n) is 8.10. The second-order valence-corrected chi connectivity index (χ2v) is 8.10. The van der Waals surface area contributed by atoms with Gasteiger partial charge >= 0.3 is 0 Å². The fourth-order valence-corrected chi connectivity index (χ4v) is 3.82. The van der Waals surface area contributed by atoms with Crippen LogP contribution in [-0.4, -0.2) is 49.4 Å². The van der Waals surface area contributed by atoms with Crippen LogP contribution in [0, 0.1) is 0 Å². The van der Waals surface area contributed by atoms with E-state index in [4.69, 9.17) is 16.2 Å². The van der Waals surface area contributed by atoms with Gasteiger partial charge in [-0.3, -0.25) is 9.79 Å². The van der Waals surface area contributed by atoms with Crippen LogP contribution >= 0.6 is 0 Å². The van der Waals surface area contributed by atoms with Gasteiger partial charge in [0.1, 0.15) is 22.9 Å². The van der Waals surface area contributed by atoms with Crippen LogP contribution < -0.4 is 21.5 Å². The predicted molar refractivity (Wildman–Crippen MR) is 145 cm³/mol. The van der Waals surface area contributed by atoms with Crippen molar-refractivity contribution >= 4 is 17.4 Å². The zero-order valence-corrected chi connectivity index (χ0v) is 21.4. The molecule has 5 N–H and O–H groups in total. The molecular weight excluding hydrogens is 438 g/mol. The zero-order valence-electron chi connectivity index (χ0n) is 21.4. The van der Waals surface area contributed by atoms with Gasteiger partial charge in [-0.1, -0.05) is 45.4 Å². The molecule has 0 spiro atoms. The quantitative estimate of drug-likeness (QED) is 0.527. The van der Waals surface area contributed by atoms with Gasteiger partial charge in [0, 0.05) is 13.1 Å². The predicted octanol–water partition coefficient (Wildman–Crippen LogP) is 4.54. The Morgan fingerprint density at radius 3 is 2.09 bits per heavy atom. The molecule has 1 saturated heterocycles. The minimum atomic E-state index is -0.602. The smallest absolute Gasteiger partial charge is 0.254 e. The number of nitrogens with one attached hydrogen (secondary N) is 1. The molecule has 190 valence electrons. The van der Waals surface area contributed by atoms with E-state index < -0.39 is 5.91 Å². The van der Waals surface area contributed by atoms with Crippen molar-refractivity contribution in [3.05, 3.63) is 65.7 Å². The van der Waals surface area contributed by atoms with Crippen LogP contribution in [0.15, 0.2) is 65.2 Å². The van der Waals surface area contributed by atoms with Crippen molar-refractivity contribution in [1.29, 1.82) is 0 Å². The lowest BCUT2D eigenvalue weighted by Crippen LogP contribution is -2.37. The Kier molecular flexibility index (Phi) is 12.4. The summed E-state index contributed by atoms with van der Waals surface area (Å²) in [5.41, 5.74) is 12.9. The maximum absolute atomic E-state index is 11.9. The first kappa shape index (κ1) is 27.9. The van der Waals surface area contributed by atoms with Crippen LogP contribution in [0.4, 0.5) is 0 Å². The monoisotopic (exact) mass is 479 g/mol. The van der Waals surface area contributed by atoms with E-state index in [0.29, 0.717) is 29.4 Å². The van der Waals surface area contributed by atoms with Gasteiger partial charge in [-0.25, -0.2) is 0 Å². The lowest BCUT2D eigenvalue weighted by molar-refractivity contribution is -0.114. The Bertz CT molecular complexity index is 949. The number of amidine groups is 1. The van der Waals surface area contributed by atoms with E-state index in [-0.39, 0.29) is 5.57 Å². The number of carbonyl (C=O) groups excluding carboxylic acids is 1. The number of carbonyl (C=O) groups is 1. The van der Waals surface area contributed by atoms with E-state index in [1.807, 2.05) is 44.2 Å². The summed E-state index contributed by atoms with van der Waals surface area (Å²) in [5.74, 6) is 1.28. The Morgan fingerprint density at radius 2 is 1.57 bits per heavy atom. The van der Waals surface area contributed by atoms with Crippen molar-refractivity contribution in [3.8, 4) is 11.5 Å². The fraction of sp³-hybridized carbons (Fsp3) is 0.429. The normalized spacial score (nSPS) is 16.1. The minimum absolute atomic E-state index is 0.219. The van der Waals surface area contributed by atoms with E-state index in [9.17, 15) is 4.79 Å². The largest absolute Gasteiger partial charge is 0.457 e. The molecule has 7 nitrogen and oxygen atoms in total. The number of hydrogen-bond donors (Lipinski definition) is 3. The van der Waals surface area contributed by atoms with Crippen LogP contribution in [0.25, 0.3) is 5.70 Å². The molecule has 1 amide bonds. The highest BCUT2D eigenvalue weighted by molar-refractivity contribution is 6.25. The van der Waals surface area contributed by atoms with Gasteiger partial charge in [-0.05, 0) is 80.9 Å². The second kappa shape index (κ2) is 15.6. The van der Waals surface area contributed by atoms with Gasteiger partial charge in [0.25, 0.3) is 5.91 Å². The Hall–Kier alpha value is -3.32. The molecule has 0 atom stereocenters. The zero-order chi connectivity index (χ0) is 25.5. The molecule has 35 heavy (non-hydrogen) atoms. The number of aliphatic imine (C=N–C) groups is 1. The lowest BCUT2D eigenvalue weighted by Gasteiger charge is -2.24. The molecule has 0 aliphatic carbocycles.